The molecule has 0 amide bonds. The summed E-state index contributed by atoms with van der Waals surface area (Å²) in [6.07, 6.45) is 57.8. The molecule has 0 radical (unpaired) electrons. The fourth-order valence-corrected chi connectivity index (χ4v) is 8.31. The van der Waals surface area contributed by atoms with Gasteiger partial charge in [0.05, 0.1) is 0 Å². The highest BCUT2D eigenvalue weighted by molar-refractivity contribution is 5.71. The van der Waals surface area contributed by atoms with E-state index in [2.05, 4.69) is 32.9 Å². The molecule has 6 heteroatoms. The van der Waals surface area contributed by atoms with Gasteiger partial charge in [-0.2, -0.15) is 0 Å². The van der Waals surface area contributed by atoms with Gasteiger partial charge in [-0.1, -0.05) is 264 Å². The predicted octanol–water partition coefficient (Wildman–Crippen LogP) is 18.2. The summed E-state index contributed by atoms with van der Waals surface area (Å²) in [6.45, 7) is 6.64. The minimum atomic E-state index is -0.766. The lowest BCUT2D eigenvalue weighted by Gasteiger charge is -2.18. The summed E-state index contributed by atoms with van der Waals surface area (Å²) in [7, 11) is 0. The van der Waals surface area contributed by atoms with Gasteiger partial charge in [0, 0.05) is 19.3 Å². The van der Waals surface area contributed by atoms with Gasteiger partial charge >= 0.3 is 17.9 Å². The highest BCUT2D eigenvalue weighted by Gasteiger charge is 2.19. The molecule has 0 heterocycles. The lowest BCUT2D eigenvalue weighted by molar-refractivity contribution is -0.167. The number of esters is 3. The standard InChI is InChI=1S/C56H106O6/c1-4-7-10-13-16-19-22-24-25-26-27-28-29-30-32-34-37-40-43-46-49-55(58)61-52-53(51-60-54(57)48-45-42-39-36-33-21-18-15-12-9-6-3)62-56(59)50-47-44-41-38-35-31-23-20-17-14-11-8-5-2/h15,18,53H,4-14,16-17,19-52H2,1-3H3/b18-15-. The zero-order chi connectivity index (χ0) is 45.1. The number of rotatable bonds is 51. The SMILES string of the molecule is CCCC/C=C\CCCCCCCC(=O)OCC(COC(=O)CCCCCCCCCCCCCCCCCCCCCC)OC(=O)CCCCCCCCCCCCCCC. The first-order valence-electron chi connectivity index (χ1n) is 27.7. The van der Waals surface area contributed by atoms with E-state index in [4.69, 9.17) is 14.2 Å². The molecule has 1 atom stereocenters. The lowest BCUT2D eigenvalue weighted by atomic mass is 10.0. The maximum atomic E-state index is 12.8. The van der Waals surface area contributed by atoms with E-state index in [0.29, 0.717) is 19.3 Å². The van der Waals surface area contributed by atoms with E-state index in [1.807, 2.05) is 0 Å². The van der Waals surface area contributed by atoms with Crippen LogP contribution in [0.1, 0.15) is 310 Å². The van der Waals surface area contributed by atoms with Crippen molar-refractivity contribution in [3.8, 4) is 0 Å². The zero-order valence-corrected chi connectivity index (χ0v) is 41.9. The molecule has 366 valence electrons. The second-order valence-electron chi connectivity index (χ2n) is 18.9. The van der Waals surface area contributed by atoms with Gasteiger partial charge in [-0.3, -0.25) is 14.4 Å². The summed E-state index contributed by atoms with van der Waals surface area (Å²) in [5.41, 5.74) is 0. The van der Waals surface area contributed by atoms with Crippen LogP contribution in [0.4, 0.5) is 0 Å². The summed E-state index contributed by atoms with van der Waals surface area (Å²) in [5, 5.41) is 0. The minimum Gasteiger partial charge on any atom is -0.462 e. The van der Waals surface area contributed by atoms with Crippen molar-refractivity contribution in [2.75, 3.05) is 13.2 Å². The van der Waals surface area contributed by atoms with E-state index in [-0.39, 0.29) is 31.1 Å². The van der Waals surface area contributed by atoms with Crippen molar-refractivity contribution in [1.82, 2.24) is 0 Å². The highest BCUT2D eigenvalue weighted by Crippen LogP contribution is 2.17. The average Bonchev–Trinajstić information content (AvgIpc) is 3.27. The van der Waals surface area contributed by atoms with Crippen LogP contribution in [0.5, 0.6) is 0 Å². The smallest absolute Gasteiger partial charge is 0.306 e. The zero-order valence-electron chi connectivity index (χ0n) is 41.9. The first-order valence-corrected chi connectivity index (χ1v) is 27.7. The van der Waals surface area contributed by atoms with Crippen LogP contribution in [-0.2, 0) is 28.6 Å². The molecular weight excluding hydrogens is 769 g/mol. The average molecular weight is 875 g/mol. The number of carbonyl (C=O) groups is 3. The number of hydrogen-bond donors (Lipinski definition) is 0. The largest absolute Gasteiger partial charge is 0.462 e. The van der Waals surface area contributed by atoms with Crippen LogP contribution in [0.25, 0.3) is 0 Å². The molecule has 0 spiro atoms. The summed E-state index contributed by atoms with van der Waals surface area (Å²) < 4.78 is 16.8. The third kappa shape index (κ3) is 49.2. The van der Waals surface area contributed by atoms with Crippen molar-refractivity contribution in [3.63, 3.8) is 0 Å². The highest BCUT2D eigenvalue weighted by atomic mass is 16.6. The number of unbranched alkanes of at least 4 members (excludes halogenated alkanes) is 38. The molecule has 0 saturated heterocycles. The Morgan fingerprint density at radius 2 is 0.548 bits per heavy atom. The third-order valence-electron chi connectivity index (χ3n) is 12.5. The van der Waals surface area contributed by atoms with Gasteiger partial charge in [-0.25, -0.2) is 0 Å². The van der Waals surface area contributed by atoms with Gasteiger partial charge in [0.2, 0.25) is 0 Å². The van der Waals surface area contributed by atoms with Crippen molar-refractivity contribution in [1.29, 1.82) is 0 Å². The lowest BCUT2D eigenvalue weighted by Crippen LogP contribution is -2.30. The normalized spacial score (nSPS) is 12.0. The Labute approximate surface area is 386 Å². The molecular formula is C56H106O6. The second kappa shape index (κ2) is 51.8. The number of allylic oxidation sites excluding steroid dienone is 2. The summed E-state index contributed by atoms with van der Waals surface area (Å²) >= 11 is 0. The maximum absolute atomic E-state index is 12.8. The van der Waals surface area contributed by atoms with Gasteiger partial charge < -0.3 is 14.2 Å². The summed E-state index contributed by atoms with van der Waals surface area (Å²) in [4.78, 5) is 38.0. The van der Waals surface area contributed by atoms with Crippen LogP contribution < -0.4 is 0 Å². The van der Waals surface area contributed by atoms with Gasteiger partial charge in [0.25, 0.3) is 0 Å². The van der Waals surface area contributed by atoms with Gasteiger partial charge in [-0.15, -0.1) is 0 Å². The molecule has 0 aliphatic carbocycles. The van der Waals surface area contributed by atoms with Crippen molar-refractivity contribution in [3.05, 3.63) is 12.2 Å². The molecule has 0 aliphatic heterocycles. The molecule has 0 rings (SSSR count). The molecule has 0 N–H and O–H groups in total. The van der Waals surface area contributed by atoms with E-state index in [1.54, 1.807) is 0 Å². The molecule has 0 aromatic rings. The fraction of sp³-hybridized carbons (Fsp3) is 0.911. The van der Waals surface area contributed by atoms with Gasteiger partial charge in [0.1, 0.15) is 13.2 Å². The first kappa shape index (κ1) is 60.2. The second-order valence-corrected chi connectivity index (χ2v) is 18.9. The van der Waals surface area contributed by atoms with Crippen molar-refractivity contribution < 1.29 is 28.6 Å². The maximum Gasteiger partial charge on any atom is 0.306 e. The molecule has 0 aliphatic rings. The monoisotopic (exact) mass is 875 g/mol. The van der Waals surface area contributed by atoms with E-state index < -0.39 is 6.10 Å². The van der Waals surface area contributed by atoms with Crippen LogP contribution in [0.3, 0.4) is 0 Å². The van der Waals surface area contributed by atoms with Crippen LogP contribution >= 0.6 is 0 Å². The Hall–Kier alpha value is -1.85. The Morgan fingerprint density at radius 1 is 0.306 bits per heavy atom. The van der Waals surface area contributed by atoms with E-state index >= 15 is 0 Å². The van der Waals surface area contributed by atoms with Crippen LogP contribution in [0, 0.1) is 0 Å². The van der Waals surface area contributed by atoms with Crippen LogP contribution in [0.2, 0.25) is 0 Å². The van der Waals surface area contributed by atoms with Crippen LogP contribution in [-0.4, -0.2) is 37.2 Å². The molecule has 0 aromatic carbocycles. The first-order chi connectivity index (χ1) is 30.5. The van der Waals surface area contributed by atoms with E-state index in [9.17, 15) is 14.4 Å². The number of ether oxygens (including phenoxy) is 3. The Balaban J connectivity index is 4.23. The minimum absolute atomic E-state index is 0.0669. The third-order valence-corrected chi connectivity index (χ3v) is 12.5. The van der Waals surface area contributed by atoms with Crippen molar-refractivity contribution in [2.45, 2.75) is 316 Å². The molecule has 0 fully saturated rings. The Bertz CT molecular complexity index is 962. The summed E-state index contributed by atoms with van der Waals surface area (Å²) in [5.74, 6) is -0.857. The van der Waals surface area contributed by atoms with E-state index in [1.165, 1.54) is 205 Å². The fourth-order valence-electron chi connectivity index (χ4n) is 8.31. The molecule has 0 bridgehead atoms. The molecule has 6 nitrogen and oxygen atoms in total. The summed E-state index contributed by atoms with van der Waals surface area (Å²) in [6, 6.07) is 0. The van der Waals surface area contributed by atoms with Crippen molar-refractivity contribution >= 4 is 17.9 Å². The molecule has 1 unspecified atom stereocenters. The molecule has 0 aromatic heterocycles. The number of carbonyl (C=O) groups excluding carboxylic acids is 3. The quantitative estimate of drug-likeness (QED) is 0.0262. The Morgan fingerprint density at radius 3 is 0.855 bits per heavy atom. The van der Waals surface area contributed by atoms with Gasteiger partial charge in [-0.05, 0) is 38.5 Å². The topological polar surface area (TPSA) is 78.9 Å². The van der Waals surface area contributed by atoms with Crippen molar-refractivity contribution in [2.24, 2.45) is 0 Å². The van der Waals surface area contributed by atoms with E-state index in [0.717, 1.165) is 64.2 Å². The van der Waals surface area contributed by atoms with Gasteiger partial charge in [0.15, 0.2) is 6.10 Å². The predicted molar refractivity (Wildman–Crippen MR) is 266 cm³/mol. The molecule has 0 saturated carbocycles. The van der Waals surface area contributed by atoms with Crippen LogP contribution in [0.15, 0.2) is 12.2 Å². The molecule has 62 heavy (non-hydrogen) atoms. The number of hydrogen-bond acceptors (Lipinski definition) is 6. The Kier molecular flexibility index (Phi) is 50.2.